The largest absolute Gasteiger partial charge is 0.346 e. The molecule has 73 valence electrons. The van der Waals surface area contributed by atoms with Crippen LogP contribution in [0.25, 0.3) is 0 Å². The van der Waals surface area contributed by atoms with Gasteiger partial charge in [-0.05, 0) is 12.8 Å². The zero-order valence-corrected chi connectivity index (χ0v) is 7.84. The van der Waals surface area contributed by atoms with Crippen molar-refractivity contribution in [2.45, 2.75) is 51.0 Å². The smallest absolute Gasteiger partial charge is 0.222 e. The van der Waals surface area contributed by atoms with Crippen molar-refractivity contribution < 1.29 is 9.59 Å². The fourth-order valence-electron chi connectivity index (χ4n) is 1.59. The Morgan fingerprint density at radius 1 is 1.15 bits per heavy atom. The van der Waals surface area contributed by atoms with Gasteiger partial charge in [-0.15, -0.1) is 0 Å². The van der Waals surface area contributed by atoms with E-state index in [4.69, 9.17) is 0 Å². The van der Waals surface area contributed by atoms with E-state index in [1.54, 1.807) is 0 Å². The van der Waals surface area contributed by atoms with E-state index in [9.17, 15) is 9.59 Å². The lowest BCUT2D eigenvalue weighted by molar-refractivity contribution is -0.121. The Labute approximate surface area is 78.9 Å². The quantitative estimate of drug-likeness (QED) is 0.665. The van der Waals surface area contributed by atoms with Gasteiger partial charge in [0.1, 0.15) is 0 Å². The summed E-state index contributed by atoms with van der Waals surface area (Å²) in [6, 6.07) is -0.370. The molecule has 3 nitrogen and oxygen atoms in total. The highest BCUT2D eigenvalue weighted by atomic mass is 16.2. The maximum absolute atomic E-state index is 11.2. The number of carbonyl (C=O) groups excluding carboxylic acids is 2. The third kappa shape index (κ3) is 4.06. The summed E-state index contributed by atoms with van der Waals surface area (Å²) in [5.74, 6) is -0.00440. The Balaban J connectivity index is 2.38. The summed E-state index contributed by atoms with van der Waals surface area (Å²) in [4.78, 5) is 21.6. The molecular weight excluding hydrogens is 166 g/mol. The van der Waals surface area contributed by atoms with Crippen LogP contribution in [0.2, 0.25) is 0 Å². The molecule has 1 N–H and O–H groups in total. The minimum Gasteiger partial charge on any atom is -0.346 e. The van der Waals surface area contributed by atoms with Gasteiger partial charge in [-0.3, -0.25) is 9.59 Å². The first-order chi connectivity index (χ1) is 6.33. The molecule has 1 aliphatic heterocycles. The van der Waals surface area contributed by atoms with Crippen molar-refractivity contribution in [3.63, 3.8) is 0 Å². The zero-order chi connectivity index (χ0) is 9.52. The molecule has 1 aliphatic rings. The molecule has 1 atom stereocenters. The number of nitrogens with one attached hydrogen (secondary N) is 1. The third-order valence-electron chi connectivity index (χ3n) is 2.37. The van der Waals surface area contributed by atoms with Gasteiger partial charge in [0.25, 0.3) is 0 Å². The van der Waals surface area contributed by atoms with Crippen LogP contribution < -0.4 is 5.32 Å². The second-order valence-electron chi connectivity index (χ2n) is 3.54. The first-order valence-corrected chi connectivity index (χ1v) is 5.00. The van der Waals surface area contributed by atoms with Gasteiger partial charge in [0.15, 0.2) is 0 Å². The summed E-state index contributed by atoms with van der Waals surface area (Å²) in [7, 11) is 0. The van der Waals surface area contributed by atoms with Crippen LogP contribution in [0.4, 0.5) is 0 Å². The van der Waals surface area contributed by atoms with Crippen LogP contribution in [0.5, 0.6) is 0 Å². The molecule has 1 saturated heterocycles. The van der Waals surface area contributed by atoms with Crippen LogP contribution >= 0.6 is 0 Å². The number of amides is 1. The number of hydrogen-bond acceptors (Lipinski definition) is 2. The zero-order valence-electron chi connectivity index (χ0n) is 7.84. The molecule has 0 aliphatic carbocycles. The highest BCUT2D eigenvalue weighted by Gasteiger charge is 2.12. The van der Waals surface area contributed by atoms with Crippen LogP contribution in [0.1, 0.15) is 44.9 Å². The summed E-state index contributed by atoms with van der Waals surface area (Å²) < 4.78 is 0. The first kappa shape index (κ1) is 10.2. The minimum atomic E-state index is -0.370. The number of hydrogen-bond donors (Lipinski definition) is 1. The van der Waals surface area contributed by atoms with Gasteiger partial charge in [-0.25, -0.2) is 0 Å². The van der Waals surface area contributed by atoms with Crippen LogP contribution in [0.15, 0.2) is 0 Å². The van der Waals surface area contributed by atoms with Crippen molar-refractivity contribution in [2.75, 3.05) is 0 Å². The molecule has 0 aromatic carbocycles. The van der Waals surface area contributed by atoms with Crippen molar-refractivity contribution in [2.24, 2.45) is 0 Å². The second-order valence-corrected chi connectivity index (χ2v) is 3.54. The summed E-state index contributed by atoms with van der Waals surface area (Å²) in [5, 5.41) is 2.67. The lowest BCUT2D eigenvalue weighted by Gasteiger charge is -2.13. The lowest BCUT2D eigenvalue weighted by atomic mass is 10.0. The fourth-order valence-corrected chi connectivity index (χ4v) is 1.59. The van der Waals surface area contributed by atoms with E-state index in [0.717, 1.165) is 32.1 Å². The molecule has 1 rings (SSSR count). The van der Waals surface area contributed by atoms with E-state index in [0.29, 0.717) is 6.42 Å². The molecule has 3 heteroatoms. The Kier molecular flexibility index (Phi) is 4.50. The molecule has 0 aromatic rings. The maximum Gasteiger partial charge on any atom is 0.222 e. The van der Waals surface area contributed by atoms with E-state index in [2.05, 4.69) is 5.32 Å². The van der Waals surface area contributed by atoms with Gasteiger partial charge >= 0.3 is 0 Å². The van der Waals surface area contributed by atoms with Crippen molar-refractivity contribution in [3.8, 4) is 0 Å². The van der Waals surface area contributed by atoms with Gasteiger partial charge in [0, 0.05) is 6.42 Å². The van der Waals surface area contributed by atoms with E-state index in [1.165, 1.54) is 6.42 Å². The fraction of sp³-hybridized carbons (Fsp3) is 0.800. The van der Waals surface area contributed by atoms with Crippen LogP contribution in [-0.4, -0.2) is 18.2 Å². The van der Waals surface area contributed by atoms with Crippen molar-refractivity contribution in [1.29, 1.82) is 0 Å². The Morgan fingerprint density at radius 3 is 2.62 bits per heavy atom. The summed E-state index contributed by atoms with van der Waals surface area (Å²) >= 11 is 0. The molecule has 1 radical (unpaired) electrons. The van der Waals surface area contributed by atoms with E-state index in [-0.39, 0.29) is 11.9 Å². The molecule has 0 spiro atoms. The standard InChI is InChI=1S/C10H16NO2/c12-8-9-6-4-2-1-3-5-7-10(13)11-9/h9H,1-7H2,(H,11,13). The molecule has 0 aromatic heterocycles. The van der Waals surface area contributed by atoms with Gasteiger partial charge < -0.3 is 5.32 Å². The Bertz CT molecular complexity index is 180. The van der Waals surface area contributed by atoms with E-state index < -0.39 is 0 Å². The molecule has 0 saturated carbocycles. The molecule has 1 fully saturated rings. The molecule has 13 heavy (non-hydrogen) atoms. The molecule has 1 unspecified atom stereocenters. The highest BCUT2D eigenvalue weighted by molar-refractivity contribution is 5.79. The molecular formula is C10H16NO2. The molecule has 0 bridgehead atoms. The van der Waals surface area contributed by atoms with Crippen LogP contribution in [0.3, 0.4) is 0 Å². The number of carbonyl (C=O) groups is 1. The summed E-state index contributed by atoms with van der Waals surface area (Å²) in [6.07, 6.45) is 8.59. The van der Waals surface area contributed by atoms with E-state index >= 15 is 0 Å². The van der Waals surface area contributed by atoms with Crippen LogP contribution in [0, 0.1) is 0 Å². The normalized spacial score (nSPS) is 26.2. The van der Waals surface area contributed by atoms with Gasteiger partial charge in [0.05, 0.1) is 6.04 Å². The maximum atomic E-state index is 11.2. The summed E-state index contributed by atoms with van der Waals surface area (Å²) in [5.41, 5.74) is 0. The monoisotopic (exact) mass is 182 g/mol. The summed E-state index contributed by atoms with van der Waals surface area (Å²) in [6.45, 7) is 0. The predicted molar refractivity (Wildman–Crippen MR) is 49.9 cm³/mol. The van der Waals surface area contributed by atoms with Gasteiger partial charge in [0.2, 0.25) is 12.2 Å². The van der Waals surface area contributed by atoms with Crippen molar-refractivity contribution >= 4 is 12.2 Å². The van der Waals surface area contributed by atoms with Gasteiger partial charge in [-0.1, -0.05) is 25.7 Å². The van der Waals surface area contributed by atoms with E-state index in [1.807, 2.05) is 6.29 Å². The second kappa shape index (κ2) is 5.73. The Hall–Kier alpha value is -0.860. The first-order valence-electron chi connectivity index (χ1n) is 5.00. The lowest BCUT2D eigenvalue weighted by Crippen LogP contribution is -2.36. The SMILES string of the molecule is O=[C]C1CCCCCCCC(=O)N1. The molecule has 1 heterocycles. The van der Waals surface area contributed by atoms with Crippen molar-refractivity contribution in [1.82, 2.24) is 5.32 Å². The average Bonchev–Trinajstić information content (AvgIpc) is 2.15. The highest BCUT2D eigenvalue weighted by Crippen LogP contribution is 2.10. The number of rotatable bonds is 1. The van der Waals surface area contributed by atoms with Crippen LogP contribution in [-0.2, 0) is 9.59 Å². The van der Waals surface area contributed by atoms with Crippen molar-refractivity contribution in [3.05, 3.63) is 0 Å². The topological polar surface area (TPSA) is 46.2 Å². The third-order valence-corrected chi connectivity index (χ3v) is 2.37. The van der Waals surface area contributed by atoms with Gasteiger partial charge in [-0.2, -0.15) is 0 Å². The molecule has 1 amide bonds. The predicted octanol–water partition coefficient (Wildman–Crippen LogP) is 1.33. The minimum absolute atomic E-state index is 0.00440. The average molecular weight is 182 g/mol. The Morgan fingerprint density at radius 2 is 1.85 bits per heavy atom.